The smallest absolute Gasteiger partial charge is 0.243 e. The number of amides is 2. The van der Waals surface area contributed by atoms with Crippen LogP contribution < -0.4 is 10.6 Å². The van der Waals surface area contributed by atoms with E-state index in [4.69, 9.17) is 0 Å². The topological polar surface area (TPSA) is 95.6 Å². The van der Waals surface area contributed by atoms with Crippen molar-refractivity contribution in [1.82, 2.24) is 14.9 Å². The molecule has 2 aliphatic rings. The minimum atomic E-state index is -3.82. The molecule has 0 radical (unpaired) electrons. The lowest BCUT2D eigenvalue weighted by atomic mass is 9.94. The number of benzene rings is 1. The van der Waals surface area contributed by atoms with E-state index < -0.39 is 27.8 Å². The van der Waals surface area contributed by atoms with Gasteiger partial charge in [0.1, 0.15) is 11.9 Å². The highest BCUT2D eigenvalue weighted by atomic mass is 32.2. The molecule has 1 saturated carbocycles. The third-order valence-electron chi connectivity index (χ3n) is 6.70. The van der Waals surface area contributed by atoms with Gasteiger partial charge in [-0.05, 0) is 55.9 Å². The number of sulfonamides is 1. The van der Waals surface area contributed by atoms with Gasteiger partial charge in [0.15, 0.2) is 0 Å². The summed E-state index contributed by atoms with van der Waals surface area (Å²) in [5.41, 5.74) is 0. The normalized spacial score (nSPS) is 22.3. The quantitative estimate of drug-likeness (QED) is 0.615. The summed E-state index contributed by atoms with van der Waals surface area (Å²) in [5.74, 6) is -1.54. The van der Waals surface area contributed by atoms with E-state index in [0.717, 1.165) is 44.2 Å². The fraction of sp³-hybridized carbons (Fsp3) is 0.652. The first-order valence-corrected chi connectivity index (χ1v) is 13.0. The molecule has 1 aromatic carbocycles. The first-order chi connectivity index (χ1) is 15.2. The van der Waals surface area contributed by atoms with Crippen LogP contribution in [-0.4, -0.2) is 49.7 Å². The monoisotopic (exact) mass is 467 g/mol. The van der Waals surface area contributed by atoms with Gasteiger partial charge in [-0.25, -0.2) is 12.8 Å². The number of hydrogen-bond donors (Lipinski definition) is 2. The van der Waals surface area contributed by atoms with Crippen molar-refractivity contribution in [2.75, 3.05) is 13.1 Å². The number of hydrogen-bond acceptors (Lipinski definition) is 4. The fourth-order valence-corrected chi connectivity index (χ4v) is 5.99. The molecule has 7 nitrogen and oxygen atoms in total. The first-order valence-electron chi connectivity index (χ1n) is 11.6. The van der Waals surface area contributed by atoms with Gasteiger partial charge in [0, 0.05) is 19.1 Å². The van der Waals surface area contributed by atoms with Gasteiger partial charge in [0.2, 0.25) is 21.8 Å². The fourth-order valence-electron chi connectivity index (χ4n) is 4.46. The van der Waals surface area contributed by atoms with Crippen molar-refractivity contribution < 1.29 is 22.4 Å². The molecular weight excluding hydrogens is 433 g/mol. The third kappa shape index (κ3) is 5.86. The van der Waals surface area contributed by atoms with E-state index in [9.17, 15) is 22.4 Å². The SMILES string of the molecule is CCC(C)[C@H](NC(=O)C1CCCN(S(=O)(=O)c2ccc(F)cc2)C1)C(=O)NC1CCCC1. The average Bonchev–Trinajstić information content (AvgIpc) is 3.30. The van der Waals surface area contributed by atoms with E-state index in [-0.39, 0.29) is 35.2 Å². The molecule has 2 amide bonds. The summed E-state index contributed by atoms with van der Waals surface area (Å²) in [6.45, 7) is 4.26. The summed E-state index contributed by atoms with van der Waals surface area (Å²) in [7, 11) is -3.82. The molecule has 1 saturated heterocycles. The molecule has 1 aliphatic heterocycles. The highest BCUT2D eigenvalue weighted by Gasteiger charge is 2.36. The molecule has 2 unspecified atom stereocenters. The second-order valence-corrected chi connectivity index (χ2v) is 11.0. The Bertz CT molecular complexity index is 900. The Morgan fingerprint density at radius 1 is 1.12 bits per heavy atom. The van der Waals surface area contributed by atoms with Crippen molar-refractivity contribution in [1.29, 1.82) is 0 Å². The highest BCUT2D eigenvalue weighted by molar-refractivity contribution is 7.89. The van der Waals surface area contributed by atoms with Crippen molar-refractivity contribution in [3.63, 3.8) is 0 Å². The van der Waals surface area contributed by atoms with Gasteiger partial charge >= 0.3 is 0 Å². The summed E-state index contributed by atoms with van der Waals surface area (Å²) >= 11 is 0. The molecule has 1 aromatic rings. The lowest BCUT2D eigenvalue weighted by Gasteiger charge is -2.33. The van der Waals surface area contributed by atoms with Crippen molar-refractivity contribution in [2.24, 2.45) is 11.8 Å². The summed E-state index contributed by atoms with van der Waals surface area (Å²) in [4.78, 5) is 26.0. The first kappa shape index (κ1) is 24.6. The summed E-state index contributed by atoms with van der Waals surface area (Å²) < 4.78 is 40.4. The Kier molecular flexibility index (Phi) is 8.27. The summed E-state index contributed by atoms with van der Waals surface area (Å²) in [5, 5.41) is 5.98. The predicted octanol–water partition coefficient (Wildman–Crippen LogP) is 2.82. The van der Waals surface area contributed by atoms with E-state index in [1.165, 1.54) is 16.4 Å². The van der Waals surface area contributed by atoms with Gasteiger partial charge in [0.25, 0.3) is 0 Å². The number of piperidine rings is 1. The number of halogens is 1. The van der Waals surface area contributed by atoms with Crippen LogP contribution in [0.4, 0.5) is 4.39 Å². The van der Waals surface area contributed by atoms with Gasteiger partial charge in [-0.2, -0.15) is 4.31 Å². The van der Waals surface area contributed by atoms with Crippen LogP contribution in [0.25, 0.3) is 0 Å². The second-order valence-electron chi connectivity index (χ2n) is 9.02. The van der Waals surface area contributed by atoms with Crippen molar-refractivity contribution in [3.05, 3.63) is 30.1 Å². The van der Waals surface area contributed by atoms with Crippen LogP contribution in [0, 0.1) is 17.7 Å². The molecule has 9 heteroatoms. The van der Waals surface area contributed by atoms with Crippen LogP contribution in [-0.2, 0) is 19.6 Å². The molecule has 2 fully saturated rings. The van der Waals surface area contributed by atoms with E-state index >= 15 is 0 Å². The third-order valence-corrected chi connectivity index (χ3v) is 8.58. The van der Waals surface area contributed by atoms with Gasteiger partial charge in [-0.15, -0.1) is 0 Å². The van der Waals surface area contributed by atoms with Gasteiger partial charge in [0.05, 0.1) is 10.8 Å². The molecule has 2 N–H and O–H groups in total. The maximum absolute atomic E-state index is 13.2. The Hall–Kier alpha value is -2.00. The lowest BCUT2D eigenvalue weighted by molar-refractivity contribution is -0.133. The van der Waals surface area contributed by atoms with E-state index in [2.05, 4.69) is 10.6 Å². The Balaban J connectivity index is 1.67. The Morgan fingerprint density at radius 2 is 1.78 bits per heavy atom. The van der Waals surface area contributed by atoms with Crippen molar-refractivity contribution in [2.45, 2.75) is 75.8 Å². The predicted molar refractivity (Wildman–Crippen MR) is 120 cm³/mol. The molecule has 0 bridgehead atoms. The molecule has 1 heterocycles. The Morgan fingerprint density at radius 3 is 2.41 bits per heavy atom. The lowest BCUT2D eigenvalue weighted by Crippen LogP contribution is -2.55. The van der Waals surface area contributed by atoms with Crippen LogP contribution in [0.3, 0.4) is 0 Å². The number of carbonyl (C=O) groups is 2. The van der Waals surface area contributed by atoms with Crippen molar-refractivity contribution in [3.8, 4) is 0 Å². The van der Waals surface area contributed by atoms with Gasteiger partial charge in [-0.1, -0.05) is 33.1 Å². The summed E-state index contributed by atoms with van der Waals surface area (Å²) in [6, 6.07) is 4.22. The zero-order valence-electron chi connectivity index (χ0n) is 18.8. The van der Waals surface area contributed by atoms with E-state index in [1.54, 1.807) is 0 Å². The zero-order chi connectivity index (χ0) is 23.3. The largest absolute Gasteiger partial charge is 0.352 e. The maximum Gasteiger partial charge on any atom is 0.243 e. The molecule has 0 aromatic heterocycles. The highest BCUT2D eigenvalue weighted by Crippen LogP contribution is 2.25. The molecule has 1 aliphatic carbocycles. The molecule has 0 spiro atoms. The molecule has 32 heavy (non-hydrogen) atoms. The average molecular weight is 468 g/mol. The molecule has 3 atom stereocenters. The Labute approximate surface area is 190 Å². The molecule has 3 rings (SSSR count). The van der Waals surface area contributed by atoms with Crippen LogP contribution in [0.2, 0.25) is 0 Å². The van der Waals surface area contributed by atoms with Crippen molar-refractivity contribution >= 4 is 21.8 Å². The molecule has 178 valence electrons. The minimum absolute atomic E-state index is 0.00776. The minimum Gasteiger partial charge on any atom is -0.352 e. The van der Waals surface area contributed by atoms with E-state index in [1.807, 2.05) is 13.8 Å². The van der Waals surface area contributed by atoms with Crippen LogP contribution in [0.1, 0.15) is 58.8 Å². The second kappa shape index (κ2) is 10.7. The van der Waals surface area contributed by atoms with Gasteiger partial charge in [-0.3, -0.25) is 9.59 Å². The number of rotatable bonds is 8. The number of carbonyl (C=O) groups excluding carboxylic acids is 2. The van der Waals surface area contributed by atoms with Crippen LogP contribution >= 0.6 is 0 Å². The number of nitrogens with zero attached hydrogens (tertiary/aromatic N) is 1. The summed E-state index contributed by atoms with van der Waals surface area (Å²) in [6.07, 6.45) is 5.97. The van der Waals surface area contributed by atoms with Crippen LogP contribution in [0.5, 0.6) is 0 Å². The molecular formula is C23H34FN3O4S. The zero-order valence-corrected chi connectivity index (χ0v) is 19.7. The maximum atomic E-state index is 13.2. The van der Waals surface area contributed by atoms with Gasteiger partial charge < -0.3 is 10.6 Å². The number of nitrogens with one attached hydrogen (secondary N) is 2. The standard InChI is InChI=1S/C23H34FN3O4S/c1-3-16(2)21(23(29)25-19-8-4-5-9-19)26-22(28)17-7-6-14-27(15-17)32(30,31)20-12-10-18(24)11-13-20/h10-13,16-17,19,21H,3-9,14-15H2,1-2H3,(H,25,29)(H,26,28)/t16?,17?,21-/m0/s1. The van der Waals surface area contributed by atoms with E-state index in [0.29, 0.717) is 19.4 Å². The van der Waals surface area contributed by atoms with Crippen LogP contribution in [0.15, 0.2) is 29.2 Å².